The molecular weight excluding hydrogens is 614 g/mol. The maximum absolute atomic E-state index is 13.7. The molecule has 0 bridgehead atoms. The molecule has 214 valence electrons. The second-order valence-electron chi connectivity index (χ2n) is 8.54. The van der Waals surface area contributed by atoms with Crippen molar-refractivity contribution in [1.82, 2.24) is 10.2 Å². The van der Waals surface area contributed by atoms with Gasteiger partial charge in [-0.3, -0.25) is 13.9 Å². The van der Waals surface area contributed by atoms with Crippen molar-refractivity contribution in [3.8, 4) is 0 Å². The van der Waals surface area contributed by atoms with Gasteiger partial charge in [-0.05, 0) is 55.0 Å². The highest BCUT2D eigenvalue weighted by molar-refractivity contribution is 7.92. The van der Waals surface area contributed by atoms with Gasteiger partial charge < -0.3 is 10.2 Å². The molecule has 0 spiro atoms. The molecule has 1 N–H and O–H groups in total. The third-order valence-corrected chi connectivity index (χ3v) is 8.60. The number of nitrogens with zero attached hydrogens (tertiary/aromatic N) is 2. The van der Waals surface area contributed by atoms with Crippen LogP contribution in [0.3, 0.4) is 0 Å². The van der Waals surface area contributed by atoms with Crippen LogP contribution in [0.2, 0.25) is 15.1 Å². The van der Waals surface area contributed by atoms with Crippen LogP contribution < -0.4 is 9.62 Å². The highest BCUT2D eigenvalue weighted by Crippen LogP contribution is 2.37. The Kier molecular flexibility index (Phi) is 9.99. The van der Waals surface area contributed by atoms with Crippen LogP contribution in [0.5, 0.6) is 0 Å². The zero-order chi connectivity index (χ0) is 29.8. The van der Waals surface area contributed by atoms with Crippen LogP contribution >= 0.6 is 34.8 Å². The first-order valence-electron chi connectivity index (χ1n) is 11.6. The molecule has 40 heavy (non-hydrogen) atoms. The Bertz CT molecular complexity index is 1510. The molecule has 0 fully saturated rings. The lowest BCUT2D eigenvalue weighted by molar-refractivity contribution is -0.139. The van der Waals surface area contributed by atoms with Crippen molar-refractivity contribution in [3.05, 3.63) is 92.9 Å². The van der Waals surface area contributed by atoms with Crippen LogP contribution in [0.4, 0.5) is 18.9 Å². The summed E-state index contributed by atoms with van der Waals surface area (Å²) < 4.78 is 68.6. The van der Waals surface area contributed by atoms with Gasteiger partial charge in [-0.2, -0.15) is 13.2 Å². The number of likely N-dealkylation sites (N-methyl/N-ethyl adjacent to an activating group) is 1. The highest BCUT2D eigenvalue weighted by Gasteiger charge is 2.36. The maximum atomic E-state index is 13.7. The number of carbonyl (C=O) groups is 2. The smallest absolute Gasteiger partial charge is 0.357 e. The van der Waals surface area contributed by atoms with E-state index in [1.165, 1.54) is 56.4 Å². The van der Waals surface area contributed by atoms with Gasteiger partial charge in [-0.1, -0.05) is 59.1 Å². The van der Waals surface area contributed by atoms with Gasteiger partial charge in [0.15, 0.2) is 0 Å². The van der Waals surface area contributed by atoms with E-state index >= 15 is 0 Å². The summed E-state index contributed by atoms with van der Waals surface area (Å²) in [4.78, 5) is 27.1. The number of amides is 2. The van der Waals surface area contributed by atoms with Crippen molar-refractivity contribution >= 4 is 62.3 Å². The molecule has 7 nitrogen and oxygen atoms in total. The maximum Gasteiger partial charge on any atom is 0.416 e. The largest absolute Gasteiger partial charge is 0.416 e. The third kappa shape index (κ3) is 7.20. The molecule has 3 rings (SSSR count). The van der Waals surface area contributed by atoms with Crippen molar-refractivity contribution in [3.63, 3.8) is 0 Å². The van der Waals surface area contributed by atoms with Crippen molar-refractivity contribution < 1.29 is 31.2 Å². The molecule has 1 atom stereocenters. The van der Waals surface area contributed by atoms with Crippen LogP contribution in [0.15, 0.2) is 71.6 Å². The summed E-state index contributed by atoms with van der Waals surface area (Å²) in [6, 6.07) is 12.4. The minimum atomic E-state index is -4.82. The number of anilines is 1. The van der Waals surface area contributed by atoms with Gasteiger partial charge in [0.1, 0.15) is 12.6 Å². The number of benzene rings is 3. The van der Waals surface area contributed by atoms with Gasteiger partial charge in [0.25, 0.3) is 10.0 Å². The second-order valence-corrected chi connectivity index (χ2v) is 11.6. The Hall–Kier alpha value is -2.99. The zero-order valence-corrected chi connectivity index (χ0v) is 24.1. The van der Waals surface area contributed by atoms with Crippen molar-refractivity contribution in [2.75, 3.05) is 17.9 Å². The number of nitrogens with one attached hydrogen (secondary N) is 1. The lowest BCUT2D eigenvalue weighted by Crippen LogP contribution is -2.50. The number of hydrogen-bond donors (Lipinski definition) is 1. The topological polar surface area (TPSA) is 86.8 Å². The quantitative estimate of drug-likeness (QED) is 0.311. The summed E-state index contributed by atoms with van der Waals surface area (Å²) in [6.07, 6.45) is -4.82. The SMILES string of the molecule is CNC(=O)C(C)N(Cc1ccc(Cl)cc1Cl)C(=O)CN(c1cc(C(F)(F)F)ccc1Cl)S(=O)(=O)c1ccccc1. The van der Waals surface area contributed by atoms with Gasteiger partial charge in [0, 0.05) is 23.6 Å². The fourth-order valence-corrected chi connectivity index (χ4v) is 5.92. The minimum absolute atomic E-state index is 0.184. The highest BCUT2D eigenvalue weighted by atomic mass is 35.5. The molecule has 1 unspecified atom stereocenters. The second kappa shape index (κ2) is 12.7. The van der Waals surface area contributed by atoms with Gasteiger partial charge in [-0.15, -0.1) is 0 Å². The molecule has 3 aromatic carbocycles. The molecule has 0 saturated carbocycles. The van der Waals surface area contributed by atoms with E-state index in [4.69, 9.17) is 34.8 Å². The molecule has 0 heterocycles. The van der Waals surface area contributed by atoms with Crippen LogP contribution in [-0.4, -0.2) is 44.8 Å². The number of carbonyl (C=O) groups excluding carboxylic acids is 2. The van der Waals surface area contributed by atoms with Gasteiger partial charge >= 0.3 is 6.18 Å². The predicted octanol–water partition coefficient (Wildman–Crippen LogP) is 6.02. The summed E-state index contributed by atoms with van der Waals surface area (Å²) in [5, 5.41) is 2.59. The molecule has 0 radical (unpaired) electrons. The monoisotopic (exact) mass is 635 g/mol. The van der Waals surface area contributed by atoms with Gasteiger partial charge in [0.05, 0.1) is 21.2 Å². The molecule has 14 heteroatoms. The van der Waals surface area contributed by atoms with E-state index in [2.05, 4.69) is 5.32 Å². The van der Waals surface area contributed by atoms with E-state index in [0.29, 0.717) is 27.0 Å². The van der Waals surface area contributed by atoms with Crippen LogP contribution in [0, 0.1) is 0 Å². The van der Waals surface area contributed by atoms with E-state index < -0.39 is 51.9 Å². The average Bonchev–Trinajstić information content (AvgIpc) is 2.90. The molecule has 0 aliphatic carbocycles. The Morgan fingerprint density at radius 1 is 0.950 bits per heavy atom. The lowest BCUT2D eigenvalue weighted by atomic mass is 10.1. The average molecular weight is 637 g/mol. The first-order valence-corrected chi connectivity index (χ1v) is 14.1. The number of rotatable bonds is 9. The van der Waals surface area contributed by atoms with E-state index in [9.17, 15) is 31.2 Å². The van der Waals surface area contributed by atoms with Crippen LogP contribution in [0.1, 0.15) is 18.1 Å². The molecule has 2 amide bonds. The van der Waals surface area contributed by atoms with Crippen LogP contribution in [-0.2, 0) is 32.3 Å². The fourth-order valence-electron chi connectivity index (χ4n) is 3.74. The summed E-state index contributed by atoms with van der Waals surface area (Å²) in [7, 11) is -3.26. The molecule has 0 aromatic heterocycles. The molecule has 3 aromatic rings. The standard InChI is InChI=1S/C26H23Cl3F3N3O4S/c1-16(25(37)33-2)34(14-17-8-10-19(27)13-22(17)29)24(36)15-35(40(38,39)20-6-4-3-5-7-20)23-12-18(26(30,31)32)9-11-21(23)28/h3-13,16H,14-15H2,1-2H3,(H,33,37). The third-order valence-electron chi connectivity index (χ3n) is 5.92. The van der Waals surface area contributed by atoms with E-state index in [0.717, 1.165) is 11.0 Å². The Labute approximate surface area is 244 Å². The van der Waals surface area contributed by atoms with Crippen molar-refractivity contribution in [2.45, 2.75) is 30.6 Å². The van der Waals surface area contributed by atoms with Gasteiger partial charge in [0.2, 0.25) is 11.8 Å². The van der Waals surface area contributed by atoms with E-state index in [-0.39, 0.29) is 21.5 Å². The molecule has 0 aliphatic heterocycles. The minimum Gasteiger partial charge on any atom is -0.357 e. The van der Waals surface area contributed by atoms with Crippen molar-refractivity contribution in [1.29, 1.82) is 0 Å². The number of halogens is 6. The van der Waals surface area contributed by atoms with E-state index in [1.54, 1.807) is 6.07 Å². The Morgan fingerprint density at radius 3 is 2.17 bits per heavy atom. The van der Waals surface area contributed by atoms with Gasteiger partial charge in [-0.25, -0.2) is 8.42 Å². The molecule has 0 saturated heterocycles. The summed E-state index contributed by atoms with van der Waals surface area (Å²) in [5.74, 6) is -1.48. The number of hydrogen-bond acceptors (Lipinski definition) is 4. The summed E-state index contributed by atoms with van der Waals surface area (Å²) in [5.41, 5.74) is -1.34. The van der Waals surface area contributed by atoms with E-state index in [1.807, 2.05) is 0 Å². The number of sulfonamides is 1. The summed E-state index contributed by atoms with van der Waals surface area (Å²) >= 11 is 18.4. The van der Waals surface area contributed by atoms with Crippen molar-refractivity contribution in [2.24, 2.45) is 0 Å². The predicted molar refractivity (Wildman–Crippen MR) is 148 cm³/mol. The fraction of sp³-hybridized carbons (Fsp3) is 0.231. The first-order chi connectivity index (χ1) is 18.7. The zero-order valence-electron chi connectivity index (χ0n) is 21.0. The molecule has 0 aliphatic rings. The number of alkyl halides is 3. The Morgan fingerprint density at radius 2 is 1.60 bits per heavy atom. The first kappa shape index (κ1) is 31.5. The summed E-state index contributed by atoms with van der Waals surface area (Å²) in [6.45, 7) is 0.192. The Balaban J connectivity index is 2.14. The molecular formula is C26H23Cl3F3N3O4S. The van der Waals surface area contributed by atoms with Crippen LogP contribution in [0.25, 0.3) is 0 Å². The normalized spacial score (nSPS) is 12.5. The lowest BCUT2D eigenvalue weighted by Gasteiger charge is -2.32.